The Morgan fingerprint density at radius 3 is 2.65 bits per heavy atom. The van der Waals surface area contributed by atoms with Crippen LogP contribution in [-0.4, -0.2) is 22.2 Å². The summed E-state index contributed by atoms with van der Waals surface area (Å²) < 4.78 is 4.40. The second-order valence-electron chi connectivity index (χ2n) is 4.47. The summed E-state index contributed by atoms with van der Waals surface area (Å²) in [5.74, 6) is 0. The van der Waals surface area contributed by atoms with Crippen molar-refractivity contribution < 1.29 is 33.8 Å². The second-order valence-corrected chi connectivity index (χ2v) is 5.25. The third-order valence-corrected chi connectivity index (χ3v) is 4.05. The summed E-state index contributed by atoms with van der Waals surface area (Å²) >= 11 is 1.72. The van der Waals surface area contributed by atoms with Crippen molar-refractivity contribution in [3.63, 3.8) is 0 Å². The molecular formula is C14H24IN3OS. The Morgan fingerprint density at radius 1 is 1.45 bits per heavy atom. The molecule has 1 aromatic heterocycles. The summed E-state index contributed by atoms with van der Waals surface area (Å²) in [7, 11) is 2.01. The SMILES string of the molecule is C=CCc1c(C=NO)[n+](C)c(SC)n1CCCCC.[I-]. The van der Waals surface area contributed by atoms with Gasteiger partial charge in [0, 0.05) is 6.42 Å². The number of imidazole rings is 1. The van der Waals surface area contributed by atoms with Gasteiger partial charge in [-0.2, -0.15) is 0 Å². The van der Waals surface area contributed by atoms with Crippen molar-refractivity contribution in [1.82, 2.24) is 4.57 Å². The molecule has 0 saturated carbocycles. The zero-order chi connectivity index (χ0) is 14.3. The fourth-order valence-electron chi connectivity index (χ4n) is 2.30. The number of nitrogens with zero attached hydrogens (tertiary/aromatic N) is 3. The maximum absolute atomic E-state index is 8.84. The largest absolute Gasteiger partial charge is 1.00 e. The van der Waals surface area contributed by atoms with Gasteiger partial charge in [0.15, 0.2) is 11.4 Å². The van der Waals surface area contributed by atoms with E-state index in [4.69, 9.17) is 5.21 Å². The van der Waals surface area contributed by atoms with Crippen molar-refractivity contribution in [3.05, 3.63) is 24.0 Å². The summed E-state index contributed by atoms with van der Waals surface area (Å²) in [5.41, 5.74) is 2.11. The molecule has 0 radical (unpaired) electrons. The monoisotopic (exact) mass is 409 g/mol. The Morgan fingerprint density at radius 2 is 2.15 bits per heavy atom. The third-order valence-electron chi connectivity index (χ3n) is 3.19. The molecule has 0 aliphatic rings. The highest BCUT2D eigenvalue weighted by Gasteiger charge is 2.26. The topological polar surface area (TPSA) is 41.4 Å². The van der Waals surface area contributed by atoms with Crippen LogP contribution in [0.3, 0.4) is 0 Å². The number of thioether (sulfide) groups is 1. The zero-order valence-electron chi connectivity index (χ0n) is 12.5. The number of hydrogen-bond donors (Lipinski definition) is 1. The highest BCUT2D eigenvalue weighted by atomic mass is 127. The summed E-state index contributed by atoms with van der Waals surface area (Å²) in [5, 5.41) is 13.2. The first-order chi connectivity index (χ1) is 9.21. The summed E-state index contributed by atoms with van der Waals surface area (Å²) in [4.78, 5) is 0. The molecule has 1 aromatic rings. The Labute approximate surface area is 143 Å². The van der Waals surface area contributed by atoms with Crippen molar-refractivity contribution in [1.29, 1.82) is 0 Å². The highest BCUT2D eigenvalue weighted by molar-refractivity contribution is 7.98. The van der Waals surface area contributed by atoms with Gasteiger partial charge in [0.1, 0.15) is 6.21 Å². The van der Waals surface area contributed by atoms with E-state index in [1.54, 1.807) is 11.8 Å². The molecule has 0 unspecified atom stereocenters. The van der Waals surface area contributed by atoms with Gasteiger partial charge in [-0.15, -0.1) is 6.58 Å². The molecule has 1 N–H and O–H groups in total. The van der Waals surface area contributed by atoms with Crippen LogP contribution in [0.2, 0.25) is 0 Å². The molecule has 114 valence electrons. The molecule has 1 heterocycles. The lowest BCUT2D eigenvalue weighted by Gasteiger charge is -2.02. The Bertz CT molecular complexity index is 458. The minimum Gasteiger partial charge on any atom is -1.00 e. The fraction of sp³-hybridized carbons (Fsp3) is 0.571. The molecule has 0 aromatic carbocycles. The minimum absolute atomic E-state index is 0. The summed E-state index contributed by atoms with van der Waals surface area (Å²) in [6.07, 6.45) is 9.86. The van der Waals surface area contributed by atoms with E-state index in [1.165, 1.54) is 30.6 Å². The van der Waals surface area contributed by atoms with Crippen LogP contribution in [-0.2, 0) is 20.0 Å². The van der Waals surface area contributed by atoms with Crippen LogP contribution in [0.15, 0.2) is 23.0 Å². The molecule has 0 fully saturated rings. The van der Waals surface area contributed by atoms with E-state index in [0.717, 1.165) is 24.4 Å². The fourth-order valence-corrected chi connectivity index (χ4v) is 3.09. The van der Waals surface area contributed by atoms with E-state index in [0.29, 0.717) is 0 Å². The maximum atomic E-state index is 8.84. The first-order valence-corrected chi connectivity index (χ1v) is 7.87. The van der Waals surface area contributed by atoms with E-state index in [2.05, 4.69) is 34.0 Å². The van der Waals surface area contributed by atoms with Crippen molar-refractivity contribution >= 4 is 18.0 Å². The van der Waals surface area contributed by atoms with Crippen molar-refractivity contribution in [2.75, 3.05) is 6.26 Å². The smallest absolute Gasteiger partial charge is 0.318 e. The van der Waals surface area contributed by atoms with Crippen molar-refractivity contribution in [3.8, 4) is 0 Å². The van der Waals surface area contributed by atoms with Gasteiger partial charge in [0.2, 0.25) is 0 Å². The van der Waals surface area contributed by atoms with Gasteiger partial charge in [-0.3, -0.25) is 0 Å². The average Bonchev–Trinajstić information content (AvgIpc) is 2.65. The molecule has 0 atom stereocenters. The Kier molecular flexibility index (Phi) is 10.0. The minimum atomic E-state index is 0. The number of rotatable bonds is 8. The average molecular weight is 409 g/mol. The van der Waals surface area contributed by atoms with Crippen molar-refractivity contribution in [2.24, 2.45) is 12.2 Å². The molecule has 0 amide bonds. The lowest BCUT2D eigenvalue weighted by molar-refractivity contribution is -0.710. The molecule has 6 heteroatoms. The molecular weight excluding hydrogens is 385 g/mol. The number of hydrogen-bond acceptors (Lipinski definition) is 3. The van der Waals surface area contributed by atoms with Crippen molar-refractivity contribution in [2.45, 2.75) is 44.3 Å². The van der Waals surface area contributed by atoms with Crippen LogP contribution < -0.4 is 28.5 Å². The van der Waals surface area contributed by atoms with Gasteiger partial charge in [-0.25, -0.2) is 9.13 Å². The van der Waals surface area contributed by atoms with Crippen LogP contribution in [0, 0.1) is 0 Å². The van der Waals surface area contributed by atoms with Gasteiger partial charge in [-0.05, 0) is 30.9 Å². The number of unbranched alkanes of at least 4 members (excludes halogenated alkanes) is 2. The van der Waals surface area contributed by atoms with Gasteiger partial charge < -0.3 is 29.2 Å². The number of halogens is 1. The predicted molar refractivity (Wildman–Crippen MR) is 80.2 cm³/mol. The number of oxime groups is 1. The van der Waals surface area contributed by atoms with E-state index in [-0.39, 0.29) is 24.0 Å². The van der Waals surface area contributed by atoms with Crippen LogP contribution in [0.4, 0.5) is 0 Å². The molecule has 1 rings (SSSR count). The zero-order valence-corrected chi connectivity index (χ0v) is 15.4. The highest BCUT2D eigenvalue weighted by Crippen LogP contribution is 2.19. The molecule has 20 heavy (non-hydrogen) atoms. The van der Waals surface area contributed by atoms with Crippen LogP contribution >= 0.6 is 11.8 Å². The van der Waals surface area contributed by atoms with Gasteiger partial charge in [0.05, 0.1) is 13.6 Å². The molecule has 0 bridgehead atoms. The quantitative estimate of drug-likeness (QED) is 0.0942. The number of allylic oxidation sites excluding steroid dienone is 1. The lowest BCUT2D eigenvalue weighted by atomic mass is 10.2. The van der Waals surface area contributed by atoms with E-state index >= 15 is 0 Å². The molecule has 4 nitrogen and oxygen atoms in total. The Balaban J connectivity index is 0.00000361. The number of aromatic nitrogens is 2. The van der Waals surface area contributed by atoms with E-state index in [1.807, 2.05) is 13.1 Å². The van der Waals surface area contributed by atoms with Gasteiger partial charge in [0.25, 0.3) is 0 Å². The Hall–Kier alpha value is -0.500. The van der Waals surface area contributed by atoms with Crippen LogP contribution in [0.5, 0.6) is 0 Å². The molecule has 0 spiro atoms. The standard InChI is InChI=1S/C14H23N3OS.HI/c1-5-7-8-10-17-12(9-6-2)13(11-15-18)16(3)14(17)19-4;/h6,11H,2,5,7-10H2,1,3-4H3;1H. The van der Waals surface area contributed by atoms with Crippen LogP contribution in [0.25, 0.3) is 0 Å². The first kappa shape index (κ1) is 19.5. The third kappa shape index (κ3) is 4.51. The lowest BCUT2D eigenvalue weighted by Crippen LogP contribution is -3.00. The van der Waals surface area contributed by atoms with E-state index < -0.39 is 0 Å². The summed E-state index contributed by atoms with van der Waals surface area (Å²) in [6, 6.07) is 0. The van der Waals surface area contributed by atoms with Crippen LogP contribution in [0.1, 0.15) is 37.6 Å². The predicted octanol–water partition coefficient (Wildman–Crippen LogP) is -0.235. The van der Waals surface area contributed by atoms with E-state index in [9.17, 15) is 0 Å². The molecule has 0 aliphatic heterocycles. The normalized spacial score (nSPS) is 10.8. The molecule has 0 saturated heterocycles. The maximum Gasteiger partial charge on any atom is 0.318 e. The van der Waals surface area contributed by atoms with Gasteiger partial charge in [-0.1, -0.05) is 24.6 Å². The molecule has 0 aliphatic carbocycles. The van der Waals surface area contributed by atoms with Gasteiger partial charge >= 0.3 is 5.16 Å². The summed E-state index contributed by atoms with van der Waals surface area (Å²) in [6.45, 7) is 7.03. The second kappa shape index (κ2) is 10.3. The first-order valence-electron chi connectivity index (χ1n) is 6.64.